The van der Waals surface area contributed by atoms with Crippen LogP contribution >= 0.6 is 34.3 Å². The van der Waals surface area contributed by atoms with Crippen molar-refractivity contribution < 1.29 is 9.90 Å². The van der Waals surface area contributed by atoms with E-state index in [1.807, 2.05) is 13.0 Å². The summed E-state index contributed by atoms with van der Waals surface area (Å²) in [5, 5.41) is 9.68. The maximum Gasteiger partial charge on any atom is 0.308 e. The monoisotopic (exact) mass is 273 g/mol. The van der Waals surface area contributed by atoms with Crippen LogP contribution in [0.1, 0.15) is 9.88 Å². The molecule has 2 aromatic rings. The van der Waals surface area contributed by atoms with E-state index in [9.17, 15) is 4.79 Å². The van der Waals surface area contributed by atoms with Crippen LogP contribution in [0.4, 0.5) is 0 Å². The molecule has 0 saturated carbocycles. The summed E-state index contributed by atoms with van der Waals surface area (Å²) in [6.45, 7) is 1.87. The molecule has 0 atom stereocenters. The summed E-state index contributed by atoms with van der Waals surface area (Å²) in [5.74, 6) is -0.840. The Labute approximate surface area is 105 Å². The molecule has 0 aromatic carbocycles. The second-order valence-electron chi connectivity index (χ2n) is 3.18. The molecular formula is C10H8ClNO2S2. The van der Waals surface area contributed by atoms with Crippen LogP contribution in [0.2, 0.25) is 4.34 Å². The zero-order valence-corrected chi connectivity index (χ0v) is 10.7. The molecule has 0 aliphatic rings. The minimum absolute atomic E-state index is 0.0103. The molecule has 2 heterocycles. The fraction of sp³-hybridized carbons (Fsp3) is 0.200. The molecule has 16 heavy (non-hydrogen) atoms. The molecule has 2 aromatic heterocycles. The summed E-state index contributed by atoms with van der Waals surface area (Å²) in [4.78, 5) is 16.8. The summed E-state index contributed by atoms with van der Waals surface area (Å²) in [6.07, 6.45) is 0.0103. The molecule has 0 amide bonds. The fourth-order valence-electron chi connectivity index (χ4n) is 1.36. The zero-order chi connectivity index (χ0) is 11.7. The highest BCUT2D eigenvalue weighted by Gasteiger charge is 2.15. The number of carboxylic acid groups (broad SMARTS) is 1. The molecule has 6 heteroatoms. The molecule has 1 N–H and O–H groups in total. The van der Waals surface area contributed by atoms with E-state index in [2.05, 4.69) is 4.98 Å². The van der Waals surface area contributed by atoms with Crippen molar-refractivity contribution in [3.8, 4) is 10.6 Å². The van der Waals surface area contributed by atoms with Crippen LogP contribution in [0.5, 0.6) is 0 Å². The van der Waals surface area contributed by atoms with E-state index >= 15 is 0 Å². The van der Waals surface area contributed by atoms with Gasteiger partial charge in [0.25, 0.3) is 0 Å². The highest BCUT2D eigenvalue weighted by molar-refractivity contribution is 7.19. The molecule has 0 spiro atoms. The number of aryl methyl sites for hydroxylation is 1. The number of rotatable bonds is 3. The van der Waals surface area contributed by atoms with Crippen molar-refractivity contribution in [1.29, 1.82) is 0 Å². The molecule has 84 valence electrons. The quantitative estimate of drug-likeness (QED) is 0.932. The van der Waals surface area contributed by atoms with Crippen molar-refractivity contribution >= 4 is 40.2 Å². The van der Waals surface area contributed by atoms with Crippen LogP contribution < -0.4 is 0 Å². The normalized spacial score (nSPS) is 10.6. The van der Waals surface area contributed by atoms with Crippen LogP contribution in [0.3, 0.4) is 0 Å². The predicted octanol–water partition coefficient (Wildman–Crippen LogP) is 3.46. The van der Waals surface area contributed by atoms with Gasteiger partial charge in [0.2, 0.25) is 0 Å². The number of aliphatic carboxylic acids is 1. The van der Waals surface area contributed by atoms with E-state index in [0.717, 1.165) is 20.5 Å². The Kier molecular flexibility index (Phi) is 3.28. The minimum atomic E-state index is -0.840. The number of carbonyl (C=O) groups is 1. The van der Waals surface area contributed by atoms with Crippen molar-refractivity contribution in [2.75, 3.05) is 0 Å². The molecule has 2 rings (SSSR count). The lowest BCUT2D eigenvalue weighted by Crippen LogP contribution is -1.98. The van der Waals surface area contributed by atoms with Gasteiger partial charge in [-0.15, -0.1) is 22.7 Å². The molecule has 3 nitrogen and oxygen atoms in total. The zero-order valence-electron chi connectivity index (χ0n) is 8.36. The summed E-state index contributed by atoms with van der Waals surface area (Å²) < 4.78 is 0.682. The number of aromatic nitrogens is 1. The molecule has 0 fully saturated rings. The highest BCUT2D eigenvalue weighted by Crippen LogP contribution is 2.35. The first-order chi connectivity index (χ1) is 7.56. The van der Waals surface area contributed by atoms with Gasteiger partial charge in [0.1, 0.15) is 0 Å². The molecule has 0 aliphatic heterocycles. The van der Waals surface area contributed by atoms with Crippen molar-refractivity contribution in [1.82, 2.24) is 4.98 Å². The Morgan fingerprint density at radius 2 is 2.25 bits per heavy atom. The van der Waals surface area contributed by atoms with Crippen molar-refractivity contribution in [3.05, 3.63) is 26.4 Å². The summed E-state index contributed by atoms with van der Waals surface area (Å²) in [7, 11) is 0. The Morgan fingerprint density at radius 1 is 1.50 bits per heavy atom. The van der Waals surface area contributed by atoms with E-state index in [4.69, 9.17) is 16.7 Å². The number of hydrogen-bond donors (Lipinski definition) is 1. The average molecular weight is 274 g/mol. The van der Waals surface area contributed by atoms with Gasteiger partial charge in [-0.25, -0.2) is 4.98 Å². The molecule has 0 bridgehead atoms. The summed E-state index contributed by atoms with van der Waals surface area (Å²) >= 11 is 8.68. The van der Waals surface area contributed by atoms with E-state index in [0.29, 0.717) is 4.34 Å². The maximum atomic E-state index is 10.7. The number of carboxylic acids is 1. The standard InChI is InChI=1S/C10H8ClNO2S2/c1-5-12-10(6-2-3-8(11)16-6)7(15-5)4-9(13)14/h2-3H,4H2,1H3,(H,13,14). The third kappa shape index (κ3) is 2.42. The van der Waals surface area contributed by atoms with Crippen LogP contribution in [-0.4, -0.2) is 16.1 Å². The number of hydrogen-bond acceptors (Lipinski definition) is 4. The third-order valence-electron chi connectivity index (χ3n) is 1.92. The Balaban J connectivity index is 2.43. The Morgan fingerprint density at radius 3 is 2.81 bits per heavy atom. The third-order valence-corrected chi connectivity index (χ3v) is 4.13. The Bertz CT molecular complexity index is 533. The molecule has 0 aliphatic carbocycles. The molecule has 0 saturated heterocycles. The van der Waals surface area contributed by atoms with Crippen LogP contribution in [-0.2, 0) is 11.2 Å². The lowest BCUT2D eigenvalue weighted by molar-refractivity contribution is -0.136. The van der Waals surface area contributed by atoms with Gasteiger partial charge in [0, 0.05) is 4.88 Å². The van der Waals surface area contributed by atoms with Crippen LogP contribution in [0.25, 0.3) is 10.6 Å². The lowest BCUT2D eigenvalue weighted by Gasteiger charge is -1.95. The SMILES string of the molecule is Cc1nc(-c2ccc(Cl)s2)c(CC(=O)O)s1. The maximum absolute atomic E-state index is 10.7. The van der Waals surface area contributed by atoms with E-state index < -0.39 is 5.97 Å². The largest absolute Gasteiger partial charge is 0.481 e. The summed E-state index contributed by atoms with van der Waals surface area (Å²) in [6, 6.07) is 3.66. The Hall–Kier alpha value is -0.910. The van der Waals surface area contributed by atoms with Gasteiger partial charge in [0.05, 0.1) is 26.3 Å². The second-order valence-corrected chi connectivity index (χ2v) is 6.18. The van der Waals surface area contributed by atoms with Gasteiger partial charge in [-0.2, -0.15) is 0 Å². The minimum Gasteiger partial charge on any atom is -0.481 e. The van der Waals surface area contributed by atoms with Crippen molar-refractivity contribution in [3.63, 3.8) is 0 Å². The number of thiophene rings is 1. The number of nitrogens with zero attached hydrogens (tertiary/aromatic N) is 1. The molecule has 0 unspecified atom stereocenters. The van der Waals surface area contributed by atoms with Gasteiger partial charge in [-0.05, 0) is 19.1 Å². The smallest absolute Gasteiger partial charge is 0.308 e. The van der Waals surface area contributed by atoms with E-state index in [1.54, 1.807) is 6.07 Å². The van der Waals surface area contributed by atoms with Gasteiger partial charge >= 0.3 is 5.97 Å². The van der Waals surface area contributed by atoms with Crippen LogP contribution in [0, 0.1) is 6.92 Å². The van der Waals surface area contributed by atoms with Crippen LogP contribution in [0.15, 0.2) is 12.1 Å². The summed E-state index contributed by atoms with van der Waals surface area (Å²) in [5.41, 5.74) is 0.752. The first-order valence-corrected chi connectivity index (χ1v) is 6.51. The second kappa shape index (κ2) is 4.53. The lowest BCUT2D eigenvalue weighted by atomic mass is 10.2. The first kappa shape index (κ1) is 11.6. The van der Waals surface area contributed by atoms with Gasteiger partial charge in [-0.1, -0.05) is 11.6 Å². The average Bonchev–Trinajstić information content (AvgIpc) is 2.72. The highest BCUT2D eigenvalue weighted by atomic mass is 35.5. The van der Waals surface area contributed by atoms with E-state index in [-0.39, 0.29) is 6.42 Å². The predicted molar refractivity (Wildman–Crippen MR) is 66.5 cm³/mol. The number of halogens is 1. The van der Waals surface area contributed by atoms with Gasteiger partial charge < -0.3 is 5.11 Å². The van der Waals surface area contributed by atoms with Gasteiger partial charge in [0.15, 0.2) is 0 Å². The fourth-order valence-corrected chi connectivity index (χ4v) is 3.43. The first-order valence-electron chi connectivity index (χ1n) is 4.50. The number of thiazole rings is 1. The molecular weight excluding hydrogens is 266 g/mol. The van der Waals surface area contributed by atoms with Gasteiger partial charge in [-0.3, -0.25) is 4.79 Å². The topological polar surface area (TPSA) is 50.2 Å². The molecule has 0 radical (unpaired) electrons. The van der Waals surface area contributed by atoms with Crippen molar-refractivity contribution in [2.45, 2.75) is 13.3 Å². The van der Waals surface area contributed by atoms with Crippen molar-refractivity contribution in [2.24, 2.45) is 0 Å². The van der Waals surface area contributed by atoms with E-state index in [1.165, 1.54) is 22.7 Å².